The number of hydrogen-bond donors (Lipinski definition) is 2. The minimum atomic E-state index is -4.40. The lowest BCUT2D eigenvalue weighted by atomic mass is 9.87. The third-order valence-corrected chi connectivity index (χ3v) is 4.62. The summed E-state index contributed by atoms with van der Waals surface area (Å²) in [6.45, 7) is 1.66. The molecule has 1 amide bonds. The Morgan fingerprint density at radius 2 is 2.07 bits per heavy atom. The summed E-state index contributed by atoms with van der Waals surface area (Å²) >= 11 is 0. The van der Waals surface area contributed by atoms with Gasteiger partial charge in [-0.05, 0) is 62.7 Å². The SMILES string of the molecule is Cc1cc(NC(=O)C2(n3cccn3)CCNCC2)ccc1OCC(F)(F)F.Cl. The van der Waals surface area contributed by atoms with E-state index in [0.717, 1.165) is 0 Å². The van der Waals surface area contributed by atoms with E-state index in [-0.39, 0.29) is 24.1 Å². The number of nitrogens with zero attached hydrogens (tertiary/aromatic N) is 2. The number of hydrogen-bond acceptors (Lipinski definition) is 4. The van der Waals surface area contributed by atoms with Crippen LogP contribution in [0.25, 0.3) is 0 Å². The first-order valence-corrected chi connectivity index (χ1v) is 8.63. The Hall–Kier alpha value is -2.26. The van der Waals surface area contributed by atoms with Gasteiger partial charge in [0.05, 0.1) is 0 Å². The molecule has 0 unspecified atom stereocenters. The Labute approximate surface area is 166 Å². The van der Waals surface area contributed by atoms with Gasteiger partial charge in [-0.15, -0.1) is 12.4 Å². The fraction of sp³-hybridized carbons (Fsp3) is 0.444. The summed E-state index contributed by atoms with van der Waals surface area (Å²) in [4.78, 5) is 13.1. The van der Waals surface area contributed by atoms with E-state index in [4.69, 9.17) is 4.74 Å². The average Bonchev–Trinajstić information content (AvgIpc) is 3.16. The van der Waals surface area contributed by atoms with Crippen LogP contribution in [-0.4, -0.2) is 41.6 Å². The molecule has 1 saturated heterocycles. The summed E-state index contributed by atoms with van der Waals surface area (Å²) in [5, 5.41) is 10.4. The Balaban J connectivity index is 0.00000280. The summed E-state index contributed by atoms with van der Waals surface area (Å²) in [6.07, 6.45) is 0.182. The van der Waals surface area contributed by atoms with Crippen molar-refractivity contribution in [2.75, 3.05) is 25.0 Å². The van der Waals surface area contributed by atoms with E-state index in [0.29, 0.717) is 37.2 Å². The van der Waals surface area contributed by atoms with Crippen molar-refractivity contribution in [2.24, 2.45) is 0 Å². The number of piperidine rings is 1. The van der Waals surface area contributed by atoms with Crippen LogP contribution < -0.4 is 15.4 Å². The molecule has 1 aliphatic heterocycles. The number of benzene rings is 1. The van der Waals surface area contributed by atoms with Crippen LogP contribution in [0.4, 0.5) is 18.9 Å². The highest BCUT2D eigenvalue weighted by molar-refractivity contribution is 5.97. The highest BCUT2D eigenvalue weighted by Crippen LogP contribution is 2.30. The fourth-order valence-electron chi connectivity index (χ4n) is 3.22. The first kappa shape index (κ1) is 22.0. The second kappa shape index (κ2) is 8.83. The largest absolute Gasteiger partial charge is 0.484 e. The molecule has 1 aliphatic rings. The highest BCUT2D eigenvalue weighted by Gasteiger charge is 2.42. The summed E-state index contributed by atoms with van der Waals surface area (Å²) in [5.74, 6) is -0.0648. The molecule has 1 aromatic heterocycles. The van der Waals surface area contributed by atoms with Gasteiger partial charge in [0.15, 0.2) is 6.61 Å². The Kier molecular flexibility index (Phi) is 6.95. The molecular weight excluding hydrogens is 397 g/mol. The van der Waals surface area contributed by atoms with Gasteiger partial charge in [0, 0.05) is 18.1 Å². The second-order valence-corrected chi connectivity index (χ2v) is 6.57. The van der Waals surface area contributed by atoms with Gasteiger partial charge in [-0.2, -0.15) is 18.3 Å². The maximum Gasteiger partial charge on any atom is 0.422 e. The molecule has 2 heterocycles. The van der Waals surface area contributed by atoms with Crippen molar-refractivity contribution in [3.8, 4) is 5.75 Å². The van der Waals surface area contributed by atoms with Gasteiger partial charge in [-0.1, -0.05) is 0 Å². The molecule has 1 aromatic carbocycles. The molecule has 154 valence electrons. The lowest BCUT2D eigenvalue weighted by Crippen LogP contribution is -2.52. The predicted molar refractivity (Wildman–Crippen MR) is 101 cm³/mol. The normalized spacial score (nSPS) is 16.1. The third kappa shape index (κ3) is 4.96. The molecule has 0 radical (unpaired) electrons. The fourth-order valence-corrected chi connectivity index (χ4v) is 3.22. The van der Waals surface area contributed by atoms with E-state index in [1.807, 2.05) is 0 Å². The Morgan fingerprint density at radius 1 is 1.36 bits per heavy atom. The summed E-state index contributed by atoms with van der Waals surface area (Å²) in [5.41, 5.74) is 0.214. The first-order valence-electron chi connectivity index (χ1n) is 8.63. The zero-order valence-corrected chi connectivity index (χ0v) is 16.1. The molecule has 2 aromatic rings. The number of anilines is 1. The number of amides is 1. The van der Waals surface area contributed by atoms with E-state index in [1.165, 1.54) is 12.1 Å². The molecule has 0 saturated carbocycles. The molecule has 0 aliphatic carbocycles. The lowest BCUT2D eigenvalue weighted by molar-refractivity contribution is -0.153. The molecule has 6 nitrogen and oxygen atoms in total. The molecule has 10 heteroatoms. The van der Waals surface area contributed by atoms with Crippen molar-refractivity contribution in [3.63, 3.8) is 0 Å². The summed E-state index contributed by atoms with van der Waals surface area (Å²) in [7, 11) is 0. The number of rotatable bonds is 5. The summed E-state index contributed by atoms with van der Waals surface area (Å²) < 4.78 is 43.4. The van der Waals surface area contributed by atoms with Gasteiger partial charge in [0.25, 0.3) is 5.91 Å². The van der Waals surface area contributed by atoms with E-state index in [2.05, 4.69) is 15.7 Å². The number of halogens is 4. The van der Waals surface area contributed by atoms with Crippen molar-refractivity contribution in [1.29, 1.82) is 0 Å². The molecule has 0 atom stereocenters. The van der Waals surface area contributed by atoms with E-state index in [1.54, 1.807) is 36.1 Å². The molecule has 0 bridgehead atoms. The monoisotopic (exact) mass is 418 g/mol. The van der Waals surface area contributed by atoms with Crippen molar-refractivity contribution in [1.82, 2.24) is 15.1 Å². The van der Waals surface area contributed by atoms with Gasteiger partial charge in [0.2, 0.25) is 0 Å². The highest BCUT2D eigenvalue weighted by atomic mass is 35.5. The smallest absolute Gasteiger partial charge is 0.422 e. The van der Waals surface area contributed by atoms with Crippen molar-refractivity contribution in [3.05, 3.63) is 42.2 Å². The maximum atomic E-state index is 13.1. The predicted octanol–water partition coefficient (Wildman–Crippen LogP) is 3.27. The van der Waals surface area contributed by atoms with Crippen molar-refractivity contribution in [2.45, 2.75) is 31.5 Å². The van der Waals surface area contributed by atoms with Gasteiger partial charge < -0.3 is 15.4 Å². The van der Waals surface area contributed by atoms with Gasteiger partial charge in [0.1, 0.15) is 11.3 Å². The van der Waals surface area contributed by atoms with Gasteiger partial charge in [-0.3, -0.25) is 9.48 Å². The molecule has 1 fully saturated rings. The summed E-state index contributed by atoms with van der Waals surface area (Å²) in [6, 6.07) is 6.34. The third-order valence-electron chi connectivity index (χ3n) is 4.62. The Bertz CT molecular complexity index is 791. The number of carbonyl (C=O) groups excluding carboxylic acids is 1. The van der Waals surface area contributed by atoms with Gasteiger partial charge in [-0.25, -0.2) is 0 Å². The lowest BCUT2D eigenvalue weighted by Gasteiger charge is -2.36. The molecule has 28 heavy (non-hydrogen) atoms. The number of alkyl halides is 3. The quantitative estimate of drug-likeness (QED) is 0.782. The minimum absolute atomic E-state index is 0. The Morgan fingerprint density at radius 3 is 2.64 bits per heavy atom. The van der Waals surface area contributed by atoms with Crippen LogP contribution in [-0.2, 0) is 10.3 Å². The van der Waals surface area contributed by atoms with Gasteiger partial charge >= 0.3 is 6.18 Å². The van der Waals surface area contributed by atoms with E-state index < -0.39 is 18.3 Å². The first-order chi connectivity index (χ1) is 12.8. The van der Waals surface area contributed by atoms with Crippen LogP contribution in [0.15, 0.2) is 36.7 Å². The average molecular weight is 419 g/mol. The van der Waals surface area contributed by atoms with Crippen molar-refractivity contribution < 1.29 is 22.7 Å². The minimum Gasteiger partial charge on any atom is -0.484 e. The van der Waals surface area contributed by atoms with Crippen molar-refractivity contribution >= 4 is 24.0 Å². The van der Waals surface area contributed by atoms with Crippen LogP contribution in [0.2, 0.25) is 0 Å². The second-order valence-electron chi connectivity index (χ2n) is 6.57. The van der Waals surface area contributed by atoms with E-state index >= 15 is 0 Å². The standard InChI is InChI=1S/C18H21F3N4O2.ClH/c1-13-11-14(3-4-15(13)27-12-18(19,20)21)24-16(26)17(5-8-22-9-6-17)25-10-2-7-23-25;/h2-4,7,10-11,22H,5-6,8-9,12H2,1H3,(H,24,26);1H. The zero-order chi connectivity index (χ0) is 19.5. The molecule has 2 N–H and O–H groups in total. The number of nitrogens with one attached hydrogen (secondary N) is 2. The molecule has 3 rings (SSSR count). The number of aryl methyl sites for hydroxylation is 1. The topological polar surface area (TPSA) is 68.2 Å². The molecular formula is C18H22ClF3N4O2. The maximum absolute atomic E-state index is 13.1. The van der Waals surface area contributed by atoms with Crippen LogP contribution in [0.1, 0.15) is 18.4 Å². The van der Waals surface area contributed by atoms with Crippen LogP contribution in [0.3, 0.4) is 0 Å². The zero-order valence-electron chi connectivity index (χ0n) is 15.3. The van der Waals surface area contributed by atoms with Crippen LogP contribution in [0, 0.1) is 6.92 Å². The number of ether oxygens (including phenoxy) is 1. The molecule has 0 spiro atoms. The van der Waals surface area contributed by atoms with E-state index in [9.17, 15) is 18.0 Å². The van der Waals surface area contributed by atoms with Crippen LogP contribution in [0.5, 0.6) is 5.75 Å². The number of carbonyl (C=O) groups is 1. The number of aromatic nitrogens is 2. The van der Waals surface area contributed by atoms with Crippen LogP contribution >= 0.6 is 12.4 Å².